The highest BCUT2D eigenvalue weighted by atomic mass is 19.1. The molecule has 100 valence electrons. The summed E-state index contributed by atoms with van der Waals surface area (Å²) in [6.45, 7) is 11.0. The van der Waals surface area contributed by atoms with E-state index in [-0.39, 0.29) is 22.7 Å². The first-order valence-electron chi connectivity index (χ1n) is 6.45. The zero-order valence-corrected chi connectivity index (χ0v) is 11.8. The molecule has 1 unspecified atom stereocenters. The number of rotatable bonds is 3. The first kappa shape index (κ1) is 13.5. The number of nitrogens with one attached hydrogen (secondary N) is 1. The summed E-state index contributed by atoms with van der Waals surface area (Å²) in [4.78, 5) is 0. The highest BCUT2D eigenvalue weighted by Gasteiger charge is 2.67. The molecule has 3 heteroatoms. The maximum Gasteiger partial charge on any atom is 0.123 e. The van der Waals surface area contributed by atoms with Gasteiger partial charge >= 0.3 is 0 Å². The van der Waals surface area contributed by atoms with Crippen LogP contribution in [0.4, 0.5) is 4.39 Å². The van der Waals surface area contributed by atoms with Gasteiger partial charge in [0.05, 0.1) is 6.04 Å². The molecule has 0 aromatic heterocycles. The first-order chi connectivity index (χ1) is 8.23. The molecule has 1 fully saturated rings. The Kier molecular flexibility index (Phi) is 3.03. The van der Waals surface area contributed by atoms with Crippen molar-refractivity contribution in [3.63, 3.8) is 0 Å². The lowest BCUT2D eigenvalue weighted by Gasteiger charge is -2.21. The molecule has 2 nitrogen and oxygen atoms in total. The van der Waals surface area contributed by atoms with Crippen molar-refractivity contribution in [2.45, 2.75) is 40.7 Å². The second-order valence-electron chi connectivity index (χ2n) is 6.57. The van der Waals surface area contributed by atoms with Crippen molar-refractivity contribution in [2.24, 2.45) is 22.6 Å². The number of hydrogen-bond donors (Lipinski definition) is 2. The third-order valence-electron chi connectivity index (χ3n) is 5.22. The molecule has 0 saturated heterocycles. The van der Waals surface area contributed by atoms with Gasteiger partial charge in [-0.15, -0.1) is 0 Å². The predicted molar refractivity (Wildman–Crippen MR) is 72.3 cm³/mol. The summed E-state index contributed by atoms with van der Waals surface area (Å²) in [5, 5.41) is 0. The Morgan fingerprint density at radius 2 is 1.78 bits per heavy atom. The predicted octanol–water partition coefficient (Wildman–Crippen LogP) is 3.32. The van der Waals surface area contributed by atoms with Crippen LogP contribution in [0.2, 0.25) is 0 Å². The van der Waals surface area contributed by atoms with Crippen molar-refractivity contribution >= 4 is 0 Å². The maximum atomic E-state index is 13.4. The van der Waals surface area contributed by atoms with Gasteiger partial charge in [-0.05, 0) is 46.9 Å². The maximum absolute atomic E-state index is 13.4. The van der Waals surface area contributed by atoms with Crippen LogP contribution in [0.5, 0.6) is 0 Å². The van der Waals surface area contributed by atoms with Gasteiger partial charge in [-0.2, -0.15) is 0 Å². The first-order valence-corrected chi connectivity index (χ1v) is 6.45. The van der Waals surface area contributed by atoms with Gasteiger partial charge in [0.1, 0.15) is 5.82 Å². The molecule has 0 aliphatic heterocycles. The van der Waals surface area contributed by atoms with Crippen LogP contribution >= 0.6 is 0 Å². The van der Waals surface area contributed by atoms with Crippen LogP contribution in [0, 0.1) is 29.5 Å². The average Bonchev–Trinajstić information content (AvgIpc) is 2.67. The number of nitrogens with two attached hydrogens (primary N) is 1. The van der Waals surface area contributed by atoms with Gasteiger partial charge in [0.15, 0.2) is 0 Å². The third-order valence-corrected chi connectivity index (χ3v) is 5.22. The Morgan fingerprint density at radius 1 is 1.22 bits per heavy atom. The summed E-state index contributed by atoms with van der Waals surface area (Å²) in [6.07, 6.45) is 0. The minimum atomic E-state index is -0.202. The molecule has 3 N–H and O–H groups in total. The molecule has 0 amide bonds. The largest absolute Gasteiger partial charge is 0.271 e. The summed E-state index contributed by atoms with van der Waals surface area (Å²) >= 11 is 0. The molecule has 0 heterocycles. The molecule has 1 aliphatic rings. The smallest absolute Gasteiger partial charge is 0.123 e. The Labute approximate surface area is 109 Å². The van der Waals surface area contributed by atoms with E-state index in [0.29, 0.717) is 5.92 Å². The quantitative estimate of drug-likeness (QED) is 0.638. The molecule has 1 atom stereocenters. The van der Waals surface area contributed by atoms with Crippen LogP contribution in [-0.2, 0) is 0 Å². The van der Waals surface area contributed by atoms with Gasteiger partial charge < -0.3 is 0 Å². The molecule has 0 spiro atoms. The molecule has 18 heavy (non-hydrogen) atoms. The Hall–Kier alpha value is -0.930. The van der Waals surface area contributed by atoms with E-state index >= 15 is 0 Å². The minimum absolute atomic E-state index is 0.00528. The summed E-state index contributed by atoms with van der Waals surface area (Å²) in [5.41, 5.74) is 5.37. The molecule has 2 rings (SSSR count). The van der Waals surface area contributed by atoms with Gasteiger partial charge in [-0.1, -0.05) is 33.8 Å². The van der Waals surface area contributed by atoms with E-state index in [1.54, 1.807) is 6.07 Å². The Morgan fingerprint density at radius 3 is 2.22 bits per heavy atom. The van der Waals surface area contributed by atoms with Gasteiger partial charge in [0.2, 0.25) is 0 Å². The summed E-state index contributed by atoms with van der Waals surface area (Å²) in [7, 11) is 0. The molecule has 1 saturated carbocycles. The lowest BCUT2D eigenvalue weighted by atomic mass is 9.93. The van der Waals surface area contributed by atoms with E-state index in [4.69, 9.17) is 5.84 Å². The van der Waals surface area contributed by atoms with Gasteiger partial charge in [0, 0.05) is 0 Å². The number of aryl methyl sites for hydroxylation is 1. The molecular weight excluding hydrogens is 227 g/mol. The van der Waals surface area contributed by atoms with E-state index in [9.17, 15) is 4.39 Å². The van der Waals surface area contributed by atoms with Crippen molar-refractivity contribution in [1.82, 2.24) is 5.43 Å². The topological polar surface area (TPSA) is 38.0 Å². The van der Waals surface area contributed by atoms with Crippen LogP contribution in [0.15, 0.2) is 18.2 Å². The number of benzene rings is 1. The lowest BCUT2D eigenvalue weighted by Crippen LogP contribution is -2.32. The minimum Gasteiger partial charge on any atom is -0.271 e. The second-order valence-corrected chi connectivity index (χ2v) is 6.57. The van der Waals surface area contributed by atoms with Crippen molar-refractivity contribution in [1.29, 1.82) is 0 Å². The second kappa shape index (κ2) is 4.04. The molecular formula is C15H23FN2. The van der Waals surface area contributed by atoms with Gasteiger partial charge in [-0.3, -0.25) is 11.3 Å². The monoisotopic (exact) mass is 250 g/mol. The SMILES string of the molecule is Cc1ccc(F)cc1C(NN)C1C(C)(C)C1(C)C. The fraction of sp³-hybridized carbons (Fsp3) is 0.600. The van der Waals surface area contributed by atoms with Crippen LogP contribution in [0.1, 0.15) is 44.9 Å². The van der Waals surface area contributed by atoms with E-state index in [0.717, 1.165) is 11.1 Å². The number of hydrogen-bond acceptors (Lipinski definition) is 2. The van der Waals surface area contributed by atoms with E-state index < -0.39 is 0 Å². The Bertz CT molecular complexity index is 452. The normalized spacial score (nSPS) is 22.8. The third kappa shape index (κ3) is 1.77. The summed E-state index contributed by atoms with van der Waals surface area (Å²) in [6, 6.07) is 4.92. The van der Waals surface area contributed by atoms with Crippen LogP contribution in [0.25, 0.3) is 0 Å². The molecule has 1 aliphatic carbocycles. The molecule has 1 aromatic carbocycles. The summed E-state index contributed by atoms with van der Waals surface area (Å²) < 4.78 is 13.4. The Balaban J connectivity index is 2.39. The van der Waals surface area contributed by atoms with Gasteiger partial charge in [-0.25, -0.2) is 4.39 Å². The average molecular weight is 250 g/mol. The molecule has 0 bridgehead atoms. The van der Waals surface area contributed by atoms with E-state index in [2.05, 4.69) is 33.1 Å². The number of halogens is 1. The van der Waals surface area contributed by atoms with Crippen molar-refractivity contribution in [3.8, 4) is 0 Å². The lowest BCUT2D eigenvalue weighted by molar-refractivity contribution is 0.414. The summed E-state index contributed by atoms with van der Waals surface area (Å²) in [5.74, 6) is 5.95. The number of hydrazine groups is 1. The molecule has 0 radical (unpaired) electrons. The van der Waals surface area contributed by atoms with Crippen molar-refractivity contribution < 1.29 is 4.39 Å². The van der Waals surface area contributed by atoms with Gasteiger partial charge in [0.25, 0.3) is 0 Å². The van der Waals surface area contributed by atoms with Crippen molar-refractivity contribution in [3.05, 3.63) is 35.1 Å². The van der Waals surface area contributed by atoms with E-state index in [1.807, 2.05) is 13.0 Å². The molecule has 1 aromatic rings. The zero-order valence-electron chi connectivity index (χ0n) is 11.8. The standard InChI is InChI=1S/C15H23FN2/c1-9-6-7-10(16)8-11(9)12(18-17)13-14(2,3)15(13,4)5/h6-8,12-13,18H,17H2,1-5H3. The zero-order chi connectivity index (χ0) is 13.7. The fourth-order valence-corrected chi connectivity index (χ4v) is 3.39. The highest BCUT2D eigenvalue weighted by molar-refractivity contribution is 5.33. The van der Waals surface area contributed by atoms with Crippen LogP contribution < -0.4 is 11.3 Å². The van der Waals surface area contributed by atoms with Crippen LogP contribution in [-0.4, -0.2) is 0 Å². The fourth-order valence-electron chi connectivity index (χ4n) is 3.39. The van der Waals surface area contributed by atoms with Crippen LogP contribution in [0.3, 0.4) is 0 Å². The van der Waals surface area contributed by atoms with E-state index in [1.165, 1.54) is 6.07 Å². The van der Waals surface area contributed by atoms with Crippen molar-refractivity contribution in [2.75, 3.05) is 0 Å². The highest BCUT2D eigenvalue weighted by Crippen LogP contribution is 2.72.